The van der Waals surface area contributed by atoms with Crippen molar-refractivity contribution in [2.75, 3.05) is 11.6 Å². The normalized spacial score (nSPS) is 15.5. The Bertz CT molecular complexity index is 941. The van der Waals surface area contributed by atoms with Gasteiger partial charge in [0.25, 0.3) is 5.91 Å². The minimum atomic E-state index is -0.587. The molecule has 0 radical (unpaired) electrons. The van der Waals surface area contributed by atoms with E-state index in [2.05, 4.69) is 5.43 Å². The molecular weight excluding hydrogens is 378 g/mol. The molecule has 0 aliphatic carbocycles. The van der Waals surface area contributed by atoms with E-state index in [-0.39, 0.29) is 5.91 Å². The molecule has 6 nitrogen and oxygen atoms in total. The fourth-order valence-corrected chi connectivity index (χ4v) is 3.52. The summed E-state index contributed by atoms with van der Waals surface area (Å²) in [4.78, 5) is 27.3. The molecular formula is C24H23N3O3. The molecule has 6 heteroatoms. The number of carbonyl (C=O) groups is 2. The molecule has 1 heterocycles. The van der Waals surface area contributed by atoms with Gasteiger partial charge in [-0.2, -0.15) is 0 Å². The number of nitrogens with zero attached hydrogens (tertiary/aromatic N) is 2. The quantitative estimate of drug-likeness (QED) is 0.639. The van der Waals surface area contributed by atoms with Crippen molar-refractivity contribution in [3.05, 3.63) is 91.0 Å². The lowest BCUT2D eigenvalue weighted by molar-refractivity contribution is -0.124. The average Bonchev–Trinajstić information content (AvgIpc) is 3.30. The summed E-state index contributed by atoms with van der Waals surface area (Å²) >= 11 is 0. The molecule has 0 aromatic heterocycles. The number of benzene rings is 3. The van der Waals surface area contributed by atoms with Gasteiger partial charge in [0.15, 0.2) is 0 Å². The predicted molar refractivity (Wildman–Crippen MR) is 115 cm³/mol. The lowest BCUT2D eigenvalue weighted by Gasteiger charge is -2.29. The fourth-order valence-electron chi connectivity index (χ4n) is 3.52. The molecule has 3 aromatic carbocycles. The van der Waals surface area contributed by atoms with Gasteiger partial charge in [0.1, 0.15) is 11.8 Å². The maximum absolute atomic E-state index is 13.2. The Hall–Kier alpha value is -3.80. The van der Waals surface area contributed by atoms with Gasteiger partial charge in [-0.05, 0) is 49.2 Å². The zero-order valence-corrected chi connectivity index (χ0v) is 16.5. The minimum Gasteiger partial charge on any atom is -0.410 e. The van der Waals surface area contributed by atoms with Crippen molar-refractivity contribution in [1.82, 2.24) is 10.3 Å². The van der Waals surface area contributed by atoms with Gasteiger partial charge in [-0.1, -0.05) is 54.6 Å². The lowest BCUT2D eigenvalue weighted by atomic mass is 10.2. The third kappa shape index (κ3) is 4.43. The summed E-state index contributed by atoms with van der Waals surface area (Å²) in [6.45, 7) is 0.487. The Morgan fingerprint density at radius 2 is 1.37 bits per heavy atom. The molecule has 4 rings (SSSR count). The van der Waals surface area contributed by atoms with Gasteiger partial charge in [0.05, 0.1) is 11.4 Å². The van der Waals surface area contributed by atoms with Crippen LogP contribution in [-0.2, 0) is 4.79 Å². The highest BCUT2D eigenvalue weighted by Gasteiger charge is 2.36. The van der Waals surface area contributed by atoms with Crippen LogP contribution in [0.15, 0.2) is 91.0 Å². The lowest BCUT2D eigenvalue weighted by Crippen LogP contribution is -2.51. The number of likely N-dealkylation sites (tertiary alicyclic amines) is 1. The second-order valence-electron chi connectivity index (χ2n) is 7.02. The Morgan fingerprint density at radius 3 is 1.93 bits per heavy atom. The number of hydrogen-bond acceptors (Lipinski definition) is 4. The Balaban J connectivity index is 1.51. The predicted octanol–water partition coefficient (Wildman–Crippen LogP) is 4.52. The first kappa shape index (κ1) is 19.5. The number of anilines is 2. The zero-order valence-electron chi connectivity index (χ0n) is 16.5. The molecule has 0 bridgehead atoms. The van der Waals surface area contributed by atoms with Crippen LogP contribution in [0.2, 0.25) is 0 Å². The molecule has 1 aliphatic rings. The van der Waals surface area contributed by atoms with Crippen molar-refractivity contribution < 1.29 is 14.3 Å². The monoisotopic (exact) mass is 401 g/mol. The first-order valence-corrected chi connectivity index (χ1v) is 9.96. The van der Waals surface area contributed by atoms with E-state index in [1.54, 1.807) is 29.3 Å². The number of amides is 2. The van der Waals surface area contributed by atoms with Gasteiger partial charge in [0, 0.05) is 6.54 Å². The molecule has 1 fully saturated rings. The van der Waals surface area contributed by atoms with E-state index in [4.69, 9.17) is 4.74 Å². The first-order valence-electron chi connectivity index (χ1n) is 9.96. The van der Waals surface area contributed by atoms with Crippen LogP contribution in [-0.4, -0.2) is 29.5 Å². The Labute approximate surface area is 175 Å². The standard InChI is InChI=1S/C24H23N3O3/c28-23(22-17-10-18-26(22)24(29)30-21-15-8-3-9-16-21)25-27(19-11-4-1-5-12-19)20-13-6-2-7-14-20/h1-9,11-16,22H,10,17-18H2,(H,25,28)/t22-/m0/s1. The van der Waals surface area contributed by atoms with Crippen molar-refractivity contribution in [2.45, 2.75) is 18.9 Å². The molecule has 1 N–H and O–H groups in total. The summed E-state index contributed by atoms with van der Waals surface area (Å²) in [5.74, 6) is 0.217. The number of hydrazine groups is 1. The number of hydrogen-bond donors (Lipinski definition) is 1. The number of para-hydroxylation sites is 3. The average molecular weight is 401 g/mol. The third-order valence-electron chi connectivity index (χ3n) is 4.99. The fraction of sp³-hybridized carbons (Fsp3) is 0.167. The summed E-state index contributed by atoms with van der Waals surface area (Å²) in [6, 6.07) is 27.5. The number of rotatable bonds is 5. The van der Waals surface area contributed by atoms with E-state index in [1.165, 1.54) is 4.90 Å². The molecule has 1 aliphatic heterocycles. The van der Waals surface area contributed by atoms with Gasteiger partial charge in [-0.3, -0.25) is 20.1 Å². The van der Waals surface area contributed by atoms with Crippen LogP contribution in [0.25, 0.3) is 0 Å². The molecule has 0 unspecified atom stereocenters. The summed E-state index contributed by atoms with van der Waals surface area (Å²) in [6.07, 6.45) is 0.830. The van der Waals surface area contributed by atoms with E-state index in [0.29, 0.717) is 18.7 Å². The smallest absolute Gasteiger partial charge is 0.410 e. The highest BCUT2D eigenvalue weighted by Crippen LogP contribution is 2.25. The summed E-state index contributed by atoms with van der Waals surface area (Å²) < 4.78 is 5.45. The largest absolute Gasteiger partial charge is 0.415 e. The molecule has 1 atom stereocenters. The first-order chi connectivity index (χ1) is 14.7. The molecule has 0 saturated carbocycles. The summed E-state index contributed by atoms with van der Waals surface area (Å²) in [7, 11) is 0. The zero-order chi connectivity index (χ0) is 20.8. The number of ether oxygens (including phenoxy) is 1. The van der Waals surface area contributed by atoms with Gasteiger partial charge in [-0.25, -0.2) is 4.79 Å². The molecule has 3 aromatic rings. The van der Waals surface area contributed by atoms with Gasteiger partial charge in [0.2, 0.25) is 0 Å². The van der Waals surface area contributed by atoms with Gasteiger partial charge >= 0.3 is 6.09 Å². The number of carbonyl (C=O) groups excluding carboxylic acids is 2. The highest BCUT2D eigenvalue weighted by molar-refractivity contribution is 5.89. The van der Waals surface area contributed by atoms with Crippen LogP contribution in [0.1, 0.15) is 12.8 Å². The van der Waals surface area contributed by atoms with Crippen molar-refractivity contribution in [3.8, 4) is 5.75 Å². The van der Waals surface area contributed by atoms with Crippen molar-refractivity contribution in [1.29, 1.82) is 0 Å². The second kappa shape index (κ2) is 9.13. The van der Waals surface area contributed by atoms with Crippen LogP contribution in [0.4, 0.5) is 16.2 Å². The molecule has 152 valence electrons. The van der Waals surface area contributed by atoms with Crippen LogP contribution in [0, 0.1) is 0 Å². The maximum Gasteiger partial charge on any atom is 0.415 e. The van der Waals surface area contributed by atoms with Crippen molar-refractivity contribution >= 4 is 23.4 Å². The van der Waals surface area contributed by atoms with Crippen LogP contribution < -0.4 is 15.2 Å². The van der Waals surface area contributed by atoms with Crippen LogP contribution in [0.5, 0.6) is 5.75 Å². The molecule has 2 amide bonds. The van der Waals surface area contributed by atoms with E-state index < -0.39 is 12.1 Å². The maximum atomic E-state index is 13.2. The molecule has 0 spiro atoms. The minimum absolute atomic E-state index is 0.245. The number of nitrogens with one attached hydrogen (secondary N) is 1. The van der Waals surface area contributed by atoms with Crippen molar-refractivity contribution in [3.63, 3.8) is 0 Å². The summed E-state index contributed by atoms with van der Waals surface area (Å²) in [5, 5.41) is 1.74. The Morgan fingerprint density at radius 1 is 0.833 bits per heavy atom. The van der Waals surface area contributed by atoms with Gasteiger partial charge in [-0.15, -0.1) is 0 Å². The van der Waals surface area contributed by atoms with Gasteiger partial charge < -0.3 is 4.74 Å². The summed E-state index contributed by atoms with van der Waals surface area (Å²) in [5.41, 5.74) is 4.64. The second-order valence-corrected chi connectivity index (χ2v) is 7.02. The van der Waals surface area contributed by atoms with E-state index >= 15 is 0 Å². The highest BCUT2D eigenvalue weighted by atomic mass is 16.6. The Kier molecular flexibility index (Phi) is 5.94. The van der Waals surface area contributed by atoms with Crippen LogP contribution >= 0.6 is 0 Å². The van der Waals surface area contributed by atoms with Crippen molar-refractivity contribution in [2.24, 2.45) is 0 Å². The van der Waals surface area contributed by atoms with Crippen LogP contribution in [0.3, 0.4) is 0 Å². The SMILES string of the molecule is O=C(NN(c1ccccc1)c1ccccc1)[C@@H]1CCCN1C(=O)Oc1ccccc1. The molecule has 30 heavy (non-hydrogen) atoms. The van der Waals surface area contributed by atoms with E-state index in [1.807, 2.05) is 66.7 Å². The van der Waals surface area contributed by atoms with E-state index in [0.717, 1.165) is 17.8 Å². The topological polar surface area (TPSA) is 61.9 Å². The molecule has 1 saturated heterocycles. The third-order valence-corrected chi connectivity index (χ3v) is 4.99. The van der Waals surface area contributed by atoms with E-state index in [9.17, 15) is 9.59 Å².